The average Bonchev–Trinajstić information content (AvgIpc) is 3.05. The molecular formula is C17H20N2O3. The van der Waals surface area contributed by atoms with Gasteiger partial charge in [0.25, 0.3) is 5.91 Å². The van der Waals surface area contributed by atoms with Gasteiger partial charge in [-0.05, 0) is 31.1 Å². The molecule has 1 fully saturated rings. The number of hydrogen-bond acceptors (Lipinski definition) is 4. The van der Waals surface area contributed by atoms with E-state index in [1.165, 1.54) is 7.11 Å². The lowest BCUT2D eigenvalue weighted by Gasteiger charge is -2.11. The maximum atomic E-state index is 12.2. The van der Waals surface area contributed by atoms with E-state index in [9.17, 15) is 10.1 Å². The lowest BCUT2D eigenvalue weighted by Crippen LogP contribution is -2.33. The first-order valence-corrected chi connectivity index (χ1v) is 7.32. The van der Waals surface area contributed by atoms with Gasteiger partial charge in [0.05, 0.1) is 14.2 Å². The van der Waals surface area contributed by atoms with Gasteiger partial charge in [0.15, 0.2) is 0 Å². The van der Waals surface area contributed by atoms with Crippen molar-refractivity contribution in [1.82, 2.24) is 5.32 Å². The fourth-order valence-electron chi connectivity index (χ4n) is 2.58. The highest BCUT2D eigenvalue weighted by atomic mass is 16.5. The Morgan fingerprint density at radius 3 is 2.64 bits per heavy atom. The normalized spacial score (nSPS) is 15.2. The molecule has 0 atom stereocenters. The minimum absolute atomic E-state index is 0.0790. The fraction of sp³-hybridized carbons (Fsp3) is 0.412. The van der Waals surface area contributed by atoms with E-state index in [4.69, 9.17) is 9.47 Å². The zero-order valence-electron chi connectivity index (χ0n) is 12.9. The van der Waals surface area contributed by atoms with Crippen molar-refractivity contribution in [2.75, 3.05) is 14.2 Å². The van der Waals surface area contributed by atoms with Crippen molar-refractivity contribution in [3.63, 3.8) is 0 Å². The van der Waals surface area contributed by atoms with Gasteiger partial charge in [-0.15, -0.1) is 0 Å². The van der Waals surface area contributed by atoms with Gasteiger partial charge in [-0.3, -0.25) is 4.79 Å². The summed E-state index contributed by atoms with van der Waals surface area (Å²) in [5.41, 5.74) is 0.747. The quantitative estimate of drug-likeness (QED) is 0.670. The number of carbonyl (C=O) groups is 1. The van der Waals surface area contributed by atoms with Gasteiger partial charge in [-0.25, -0.2) is 0 Å². The summed E-state index contributed by atoms with van der Waals surface area (Å²) in [4.78, 5) is 12.2. The number of benzene rings is 1. The van der Waals surface area contributed by atoms with E-state index < -0.39 is 0 Å². The topological polar surface area (TPSA) is 71.3 Å². The van der Waals surface area contributed by atoms with Crippen LogP contribution in [0.5, 0.6) is 11.5 Å². The zero-order valence-corrected chi connectivity index (χ0v) is 12.9. The van der Waals surface area contributed by atoms with Crippen LogP contribution in [0.2, 0.25) is 0 Å². The van der Waals surface area contributed by atoms with Crippen molar-refractivity contribution >= 4 is 12.0 Å². The van der Waals surface area contributed by atoms with Crippen molar-refractivity contribution in [2.24, 2.45) is 0 Å². The number of rotatable bonds is 5. The van der Waals surface area contributed by atoms with Crippen LogP contribution in [0.25, 0.3) is 6.08 Å². The summed E-state index contributed by atoms with van der Waals surface area (Å²) in [6, 6.07) is 7.39. The number of ether oxygens (including phenoxy) is 2. The van der Waals surface area contributed by atoms with Crippen LogP contribution in [0.15, 0.2) is 23.8 Å². The van der Waals surface area contributed by atoms with E-state index in [1.807, 2.05) is 6.07 Å². The van der Waals surface area contributed by atoms with Gasteiger partial charge >= 0.3 is 0 Å². The molecule has 0 aromatic heterocycles. The van der Waals surface area contributed by atoms with Gasteiger partial charge in [-0.1, -0.05) is 12.8 Å². The van der Waals surface area contributed by atoms with Crippen molar-refractivity contribution in [3.8, 4) is 17.6 Å². The Morgan fingerprint density at radius 1 is 1.32 bits per heavy atom. The van der Waals surface area contributed by atoms with Crippen LogP contribution in [0.3, 0.4) is 0 Å². The molecule has 22 heavy (non-hydrogen) atoms. The number of hydrogen-bond donors (Lipinski definition) is 1. The van der Waals surface area contributed by atoms with Gasteiger partial charge in [0.2, 0.25) is 0 Å². The van der Waals surface area contributed by atoms with E-state index in [1.54, 1.807) is 31.4 Å². The van der Waals surface area contributed by atoms with Gasteiger partial charge in [0, 0.05) is 17.7 Å². The van der Waals surface area contributed by atoms with E-state index in [2.05, 4.69) is 5.32 Å². The molecule has 1 amide bonds. The van der Waals surface area contributed by atoms with Crippen LogP contribution >= 0.6 is 0 Å². The van der Waals surface area contributed by atoms with E-state index in [0.29, 0.717) is 17.1 Å². The number of carbonyl (C=O) groups excluding carboxylic acids is 1. The highest BCUT2D eigenvalue weighted by molar-refractivity contribution is 6.02. The van der Waals surface area contributed by atoms with Crippen LogP contribution in [0.4, 0.5) is 0 Å². The molecule has 0 heterocycles. The molecule has 0 bridgehead atoms. The Kier molecular flexibility index (Phi) is 5.42. The zero-order chi connectivity index (χ0) is 15.9. The largest absolute Gasteiger partial charge is 0.497 e. The Bertz CT molecular complexity index is 611. The average molecular weight is 300 g/mol. The molecule has 1 aliphatic rings. The third-order valence-electron chi connectivity index (χ3n) is 3.80. The second-order valence-corrected chi connectivity index (χ2v) is 5.23. The molecule has 0 aliphatic heterocycles. The fourth-order valence-corrected chi connectivity index (χ4v) is 2.58. The first-order valence-electron chi connectivity index (χ1n) is 7.32. The molecule has 0 unspecified atom stereocenters. The molecular weight excluding hydrogens is 280 g/mol. The number of nitrogens with zero attached hydrogens (tertiary/aromatic N) is 1. The summed E-state index contributed by atoms with van der Waals surface area (Å²) in [6.45, 7) is 0. The molecule has 1 aromatic carbocycles. The Morgan fingerprint density at radius 2 is 2.05 bits per heavy atom. The third kappa shape index (κ3) is 3.79. The summed E-state index contributed by atoms with van der Waals surface area (Å²) in [6.07, 6.45) is 5.76. The van der Waals surface area contributed by atoms with Crippen molar-refractivity contribution in [1.29, 1.82) is 5.26 Å². The van der Waals surface area contributed by atoms with Crippen LogP contribution in [0.1, 0.15) is 31.2 Å². The molecule has 2 rings (SSSR count). The predicted molar refractivity (Wildman–Crippen MR) is 83.5 cm³/mol. The lowest BCUT2D eigenvalue weighted by atomic mass is 10.1. The highest BCUT2D eigenvalue weighted by Crippen LogP contribution is 2.26. The summed E-state index contributed by atoms with van der Waals surface area (Å²) < 4.78 is 10.4. The monoisotopic (exact) mass is 300 g/mol. The first-order chi connectivity index (χ1) is 10.7. The van der Waals surface area contributed by atoms with Crippen molar-refractivity contribution < 1.29 is 14.3 Å². The molecule has 0 radical (unpaired) electrons. The summed E-state index contributed by atoms with van der Waals surface area (Å²) >= 11 is 0. The minimum atomic E-state index is -0.327. The van der Waals surface area contributed by atoms with E-state index in [-0.39, 0.29) is 17.5 Å². The Balaban J connectivity index is 2.20. The van der Waals surface area contributed by atoms with E-state index >= 15 is 0 Å². The SMILES string of the molecule is COc1ccc(/C=C(\C#N)C(=O)NC2CCCC2)c(OC)c1. The number of amides is 1. The molecule has 1 aromatic rings. The minimum Gasteiger partial charge on any atom is -0.497 e. The van der Waals surface area contributed by atoms with Gasteiger partial charge in [-0.2, -0.15) is 5.26 Å². The van der Waals surface area contributed by atoms with Crippen LogP contribution in [-0.2, 0) is 4.79 Å². The highest BCUT2D eigenvalue weighted by Gasteiger charge is 2.19. The number of methoxy groups -OCH3 is 2. The summed E-state index contributed by atoms with van der Waals surface area (Å²) in [5, 5.41) is 12.2. The molecule has 0 saturated heterocycles. The third-order valence-corrected chi connectivity index (χ3v) is 3.80. The molecule has 0 spiro atoms. The van der Waals surface area contributed by atoms with Crippen molar-refractivity contribution in [2.45, 2.75) is 31.7 Å². The molecule has 5 nitrogen and oxygen atoms in total. The summed E-state index contributed by atoms with van der Waals surface area (Å²) in [7, 11) is 3.11. The Hall–Kier alpha value is -2.48. The molecule has 1 saturated carbocycles. The van der Waals surface area contributed by atoms with Crippen LogP contribution in [-0.4, -0.2) is 26.2 Å². The smallest absolute Gasteiger partial charge is 0.262 e. The maximum Gasteiger partial charge on any atom is 0.262 e. The number of nitrogens with one attached hydrogen (secondary N) is 1. The lowest BCUT2D eigenvalue weighted by molar-refractivity contribution is -0.117. The summed E-state index contributed by atoms with van der Waals surface area (Å²) in [5.74, 6) is 0.885. The standard InChI is InChI=1S/C17H20N2O3/c1-21-15-8-7-12(16(10-15)22-2)9-13(11-18)17(20)19-14-5-3-4-6-14/h7-10,14H,3-6H2,1-2H3,(H,19,20)/b13-9+. The molecule has 1 aliphatic carbocycles. The maximum absolute atomic E-state index is 12.2. The molecule has 116 valence electrons. The predicted octanol–water partition coefficient (Wildman–Crippen LogP) is 2.67. The van der Waals surface area contributed by atoms with Crippen LogP contribution in [0, 0.1) is 11.3 Å². The first kappa shape index (κ1) is 15.9. The second-order valence-electron chi connectivity index (χ2n) is 5.23. The second kappa shape index (κ2) is 7.51. The van der Waals surface area contributed by atoms with Crippen LogP contribution < -0.4 is 14.8 Å². The number of nitriles is 1. The molecule has 5 heteroatoms. The van der Waals surface area contributed by atoms with E-state index in [0.717, 1.165) is 25.7 Å². The Labute approximate surface area is 130 Å². The van der Waals surface area contributed by atoms with Crippen molar-refractivity contribution in [3.05, 3.63) is 29.3 Å². The van der Waals surface area contributed by atoms with Gasteiger partial charge < -0.3 is 14.8 Å². The molecule has 1 N–H and O–H groups in total. The van der Waals surface area contributed by atoms with Gasteiger partial charge in [0.1, 0.15) is 23.1 Å².